The summed E-state index contributed by atoms with van der Waals surface area (Å²) in [5.41, 5.74) is 1.92. The second-order valence-electron chi connectivity index (χ2n) is 9.42. The SMILES string of the molecule is C=CC(=O)N1CCC(c2c[nH]c3ncnc(Nc4ccc(Oc5ccnc(Nc6ccccn6)n5)cc4F)c23)CC1. The zero-order valence-corrected chi connectivity index (χ0v) is 21.9. The smallest absolute Gasteiger partial charge is 0.245 e. The summed E-state index contributed by atoms with van der Waals surface area (Å²) in [6.07, 6.45) is 9.48. The van der Waals surface area contributed by atoms with Crippen LogP contribution in [0.2, 0.25) is 0 Å². The third-order valence-electron chi connectivity index (χ3n) is 6.87. The Bertz CT molecular complexity index is 1700. The molecule has 0 radical (unpaired) electrons. The molecule has 6 rings (SSSR count). The molecule has 3 N–H and O–H groups in total. The molecule has 5 aromatic rings. The van der Waals surface area contributed by atoms with E-state index in [-0.39, 0.29) is 29.1 Å². The number of carbonyl (C=O) groups excluding carboxylic acids is 1. The number of benzene rings is 1. The molecule has 1 aliphatic rings. The molecule has 0 spiro atoms. The first-order valence-corrected chi connectivity index (χ1v) is 13.1. The summed E-state index contributed by atoms with van der Waals surface area (Å²) in [5.74, 6) is 1.51. The van der Waals surface area contributed by atoms with Crippen LogP contribution in [0.15, 0.2) is 80.0 Å². The quantitative estimate of drug-likeness (QED) is 0.215. The van der Waals surface area contributed by atoms with Crippen molar-refractivity contribution in [3.05, 3.63) is 91.4 Å². The number of rotatable bonds is 8. The summed E-state index contributed by atoms with van der Waals surface area (Å²) in [7, 11) is 0. The van der Waals surface area contributed by atoms with Crippen LogP contribution in [0, 0.1) is 5.82 Å². The first-order valence-electron chi connectivity index (χ1n) is 13.1. The van der Waals surface area contributed by atoms with E-state index in [1.54, 1.807) is 35.4 Å². The normalized spacial score (nSPS) is 13.6. The molecule has 206 valence electrons. The highest BCUT2D eigenvalue weighted by Gasteiger charge is 2.26. The Morgan fingerprint density at radius 2 is 1.95 bits per heavy atom. The highest BCUT2D eigenvalue weighted by atomic mass is 19.1. The van der Waals surface area contributed by atoms with Crippen LogP contribution in [0.4, 0.5) is 27.7 Å². The number of carbonyl (C=O) groups is 1. The maximum Gasteiger partial charge on any atom is 0.245 e. The Kier molecular flexibility index (Phi) is 7.18. The highest BCUT2D eigenvalue weighted by Crippen LogP contribution is 2.37. The summed E-state index contributed by atoms with van der Waals surface area (Å²) in [4.78, 5) is 38.4. The molecule has 0 unspecified atom stereocenters. The molecule has 0 saturated carbocycles. The average Bonchev–Trinajstić information content (AvgIpc) is 3.44. The van der Waals surface area contributed by atoms with Gasteiger partial charge < -0.3 is 25.3 Å². The van der Waals surface area contributed by atoms with Crippen LogP contribution in [0.3, 0.4) is 0 Å². The van der Waals surface area contributed by atoms with E-state index in [0.717, 1.165) is 23.8 Å². The molecule has 41 heavy (non-hydrogen) atoms. The van der Waals surface area contributed by atoms with Gasteiger partial charge in [-0.3, -0.25) is 4.79 Å². The van der Waals surface area contributed by atoms with Crippen LogP contribution in [0.25, 0.3) is 11.0 Å². The fourth-order valence-electron chi connectivity index (χ4n) is 4.86. The van der Waals surface area contributed by atoms with Gasteiger partial charge >= 0.3 is 0 Å². The van der Waals surface area contributed by atoms with Gasteiger partial charge in [-0.05, 0) is 54.7 Å². The molecule has 1 fully saturated rings. The monoisotopic (exact) mass is 551 g/mol. The first-order chi connectivity index (χ1) is 20.1. The number of fused-ring (bicyclic) bond motifs is 1. The molecule has 5 heterocycles. The van der Waals surface area contributed by atoms with Gasteiger partial charge in [0, 0.05) is 43.8 Å². The van der Waals surface area contributed by atoms with Crippen molar-refractivity contribution in [3.8, 4) is 11.6 Å². The lowest BCUT2D eigenvalue weighted by atomic mass is 9.89. The van der Waals surface area contributed by atoms with Gasteiger partial charge in [-0.25, -0.2) is 24.3 Å². The lowest BCUT2D eigenvalue weighted by Gasteiger charge is -2.31. The summed E-state index contributed by atoms with van der Waals surface area (Å²) < 4.78 is 21.0. The van der Waals surface area contributed by atoms with Crippen molar-refractivity contribution in [3.63, 3.8) is 0 Å². The number of aromatic nitrogens is 6. The van der Waals surface area contributed by atoms with Crippen LogP contribution in [0.5, 0.6) is 11.6 Å². The number of amides is 1. The summed E-state index contributed by atoms with van der Waals surface area (Å²) >= 11 is 0. The Balaban J connectivity index is 1.18. The molecule has 0 aliphatic carbocycles. The van der Waals surface area contributed by atoms with E-state index in [9.17, 15) is 4.79 Å². The fraction of sp³-hybridized carbons (Fsp3) is 0.172. The predicted octanol–water partition coefficient (Wildman–Crippen LogP) is 5.45. The average molecular weight is 552 g/mol. The molecule has 4 aromatic heterocycles. The molecular formula is C29H26FN9O2. The van der Waals surface area contributed by atoms with Crippen LogP contribution in [-0.2, 0) is 4.79 Å². The minimum Gasteiger partial charge on any atom is -0.439 e. The van der Waals surface area contributed by atoms with Crippen molar-refractivity contribution in [1.82, 2.24) is 34.8 Å². The molecule has 0 bridgehead atoms. The fourth-order valence-corrected chi connectivity index (χ4v) is 4.86. The second kappa shape index (κ2) is 11.4. The lowest BCUT2D eigenvalue weighted by Crippen LogP contribution is -2.36. The Morgan fingerprint density at radius 3 is 2.73 bits per heavy atom. The van der Waals surface area contributed by atoms with E-state index in [0.29, 0.717) is 36.3 Å². The number of anilines is 4. The van der Waals surface area contributed by atoms with E-state index < -0.39 is 5.82 Å². The van der Waals surface area contributed by atoms with E-state index in [2.05, 4.69) is 47.1 Å². The van der Waals surface area contributed by atoms with Crippen LogP contribution in [0.1, 0.15) is 24.3 Å². The van der Waals surface area contributed by atoms with Crippen molar-refractivity contribution in [2.24, 2.45) is 0 Å². The maximum absolute atomic E-state index is 15.2. The number of halogens is 1. The third-order valence-corrected chi connectivity index (χ3v) is 6.87. The van der Waals surface area contributed by atoms with Crippen LogP contribution < -0.4 is 15.4 Å². The van der Waals surface area contributed by atoms with E-state index in [1.807, 2.05) is 18.3 Å². The summed E-state index contributed by atoms with van der Waals surface area (Å²) in [6, 6.07) is 11.5. The number of H-pyrrole nitrogens is 1. The molecule has 12 heteroatoms. The highest BCUT2D eigenvalue weighted by molar-refractivity contribution is 5.92. The van der Waals surface area contributed by atoms with Crippen molar-refractivity contribution in [2.45, 2.75) is 18.8 Å². The number of nitrogens with zero attached hydrogens (tertiary/aromatic N) is 6. The summed E-state index contributed by atoms with van der Waals surface area (Å²) in [5, 5.41) is 6.92. The number of nitrogens with one attached hydrogen (secondary N) is 3. The van der Waals surface area contributed by atoms with Gasteiger partial charge in [0.1, 0.15) is 35.2 Å². The molecule has 1 aliphatic heterocycles. The number of pyridine rings is 1. The molecule has 1 amide bonds. The third kappa shape index (κ3) is 5.66. The number of piperidine rings is 1. The van der Waals surface area contributed by atoms with Gasteiger partial charge in [-0.1, -0.05) is 12.6 Å². The Morgan fingerprint density at radius 1 is 1.07 bits per heavy atom. The van der Waals surface area contributed by atoms with Crippen molar-refractivity contribution in [2.75, 3.05) is 23.7 Å². The van der Waals surface area contributed by atoms with E-state index in [4.69, 9.17) is 4.74 Å². The minimum absolute atomic E-state index is 0.0581. The number of ether oxygens (including phenoxy) is 1. The van der Waals surface area contributed by atoms with Crippen molar-refractivity contribution in [1.29, 1.82) is 0 Å². The maximum atomic E-state index is 15.2. The van der Waals surface area contributed by atoms with Gasteiger partial charge in [0.15, 0.2) is 0 Å². The molecule has 1 aromatic carbocycles. The second-order valence-corrected chi connectivity index (χ2v) is 9.42. The molecule has 11 nitrogen and oxygen atoms in total. The Hall–Kier alpha value is -5.39. The van der Waals surface area contributed by atoms with Gasteiger partial charge in [0.2, 0.25) is 17.7 Å². The largest absolute Gasteiger partial charge is 0.439 e. The molecule has 0 atom stereocenters. The number of hydrogen-bond donors (Lipinski definition) is 3. The zero-order valence-electron chi connectivity index (χ0n) is 21.9. The van der Waals surface area contributed by atoms with Gasteiger partial charge in [-0.2, -0.15) is 4.98 Å². The number of aromatic amines is 1. The van der Waals surface area contributed by atoms with Gasteiger partial charge in [0.25, 0.3) is 0 Å². The number of hydrogen-bond acceptors (Lipinski definition) is 9. The minimum atomic E-state index is -0.525. The van der Waals surface area contributed by atoms with Gasteiger partial charge in [0.05, 0.1) is 11.1 Å². The van der Waals surface area contributed by atoms with Crippen molar-refractivity contribution < 1.29 is 13.9 Å². The number of likely N-dealkylation sites (tertiary alicyclic amines) is 1. The molecule has 1 saturated heterocycles. The molecular weight excluding hydrogens is 525 g/mol. The topological polar surface area (TPSA) is 134 Å². The lowest BCUT2D eigenvalue weighted by molar-refractivity contribution is -0.127. The first kappa shape index (κ1) is 25.9. The van der Waals surface area contributed by atoms with Crippen LogP contribution in [-0.4, -0.2) is 53.8 Å². The Labute approximate surface area is 234 Å². The van der Waals surface area contributed by atoms with E-state index >= 15 is 4.39 Å². The zero-order chi connectivity index (χ0) is 28.2. The predicted molar refractivity (Wildman–Crippen MR) is 152 cm³/mol. The van der Waals surface area contributed by atoms with E-state index in [1.165, 1.54) is 24.7 Å². The van der Waals surface area contributed by atoms with Crippen molar-refractivity contribution >= 4 is 40.2 Å². The summed E-state index contributed by atoms with van der Waals surface area (Å²) in [6.45, 7) is 4.86. The standard InChI is InChI=1S/C29H26FN9O2/c1-2-25(40)39-13-9-18(10-14-39)20-16-33-27-26(20)28(35-17-34-27)36-22-7-6-19(15-21(22)30)41-24-8-12-32-29(38-24)37-23-5-3-4-11-31-23/h2-8,11-12,15-18H,1,9-10,13-14H2,(H,31,32,37,38)(H2,33,34,35,36). The van der Waals surface area contributed by atoms with Crippen LogP contribution >= 0.6 is 0 Å². The van der Waals surface area contributed by atoms with Gasteiger partial charge in [-0.15, -0.1) is 0 Å².